The lowest BCUT2D eigenvalue weighted by atomic mass is 9.96. The number of carbonyl (C=O) groups is 1. The quantitative estimate of drug-likeness (QED) is 0.370. The van der Waals surface area contributed by atoms with Crippen molar-refractivity contribution >= 4 is 39.5 Å². The number of aromatic nitrogens is 3. The Morgan fingerprint density at radius 3 is 2.61 bits per heavy atom. The molecular weight excluding hydrogens is 500 g/mol. The van der Waals surface area contributed by atoms with E-state index in [9.17, 15) is 4.79 Å². The number of anilines is 3. The molecule has 0 bridgehead atoms. The molecule has 0 radical (unpaired) electrons. The van der Waals surface area contributed by atoms with Gasteiger partial charge in [-0.25, -0.2) is 4.98 Å². The molecule has 4 heterocycles. The number of thiazole rings is 1. The number of nitrogens with zero attached hydrogens (tertiary/aromatic N) is 4. The molecule has 1 amide bonds. The van der Waals surface area contributed by atoms with E-state index in [1.54, 1.807) is 11.3 Å². The van der Waals surface area contributed by atoms with Crippen molar-refractivity contribution in [3.05, 3.63) is 76.8 Å². The van der Waals surface area contributed by atoms with Crippen LogP contribution in [0.25, 0.3) is 17.2 Å². The van der Waals surface area contributed by atoms with E-state index in [1.165, 1.54) is 12.8 Å². The predicted molar refractivity (Wildman–Crippen MR) is 146 cm³/mol. The van der Waals surface area contributed by atoms with Crippen LogP contribution in [0.5, 0.6) is 0 Å². The number of carbonyl (C=O) groups excluding carboxylic acids is 1. The summed E-state index contributed by atoms with van der Waals surface area (Å²) in [5, 5.41) is 16.9. The number of para-hydroxylation sites is 1. The lowest BCUT2D eigenvalue weighted by Gasteiger charge is -2.27. The molecule has 4 aromatic rings. The molecule has 1 atom stereocenters. The minimum Gasteiger partial charge on any atom is -0.402 e. The van der Waals surface area contributed by atoms with Gasteiger partial charge in [-0.15, -0.1) is 16.4 Å². The molecule has 2 aromatic heterocycles. The van der Waals surface area contributed by atoms with Crippen LogP contribution in [0.2, 0.25) is 0 Å². The number of hydrogen-bond acceptors (Lipinski definition) is 9. The summed E-state index contributed by atoms with van der Waals surface area (Å²) in [5.41, 5.74) is 4.37. The molecule has 1 saturated carbocycles. The lowest BCUT2D eigenvalue weighted by Crippen LogP contribution is -2.35. The Balaban J connectivity index is 1.21. The van der Waals surface area contributed by atoms with Crippen LogP contribution in [-0.4, -0.2) is 53.4 Å². The molecule has 9 nitrogen and oxygen atoms in total. The van der Waals surface area contributed by atoms with Gasteiger partial charge in [0.25, 0.3) is 11.8 Å². The maximum atomic E-state index is 13.2. The number of morpholine rings is 1. The van der Waals surface area contributed by atoms with Crippen LogP contribution in [0.15, 0.2) is 65.1 Å². The summed E-state index contributed by atoms with van der Waals surface area (Å²) >= 11 is 1.71. The van der Waals surface area contributed by atoms with Crippen LogP contribution in [0.3, 0.4) is 0 Å². The van der Waals surface area contributed by atoms with Gasteiger partial charge in [0, 0.05) is 30.3 Å². The fourth-order valence-corrected chi connectivity index (χ4v) is 6.09. The summed E-state index contributed by atoms with van der Waals surface area (Å²) in [6.07, 6.45) is 4.25. The van der Waals surface area contributed by atoms with Gasteiger partial charge in [0.05, 0.1) is 18.2 Å². The van der Waals surface area contributed by atoms with Gasteiger partial charge >= 0.3 is 6.01 Å². The van der Waals surface area contributed by atoms with Gasteiger partial charge in [0.1, 0.15) is 11.0 Å². The van der Waals surface area contributed by atoms with E-state index in [2.05, 4.69) is 25.7 Å². The standard InChI is InChI=1S/C28H26N6O3S/c35-24-22(16-20(17-6-2-1-3-7-17)19-8-4-5-9-21(19)29-24)30-28-33-32-25(37-28)23-27(34-12-14-36-15-13-34)38-26(31-23)18-10-11-18/h1-9,16,18,22H,10-15H2,(H,29,35)(H,30,33)/t22-/m0/s1. The molecule has 192 valence electrons. The number of hydrogen-bond donors (Lipinski definition) is 2. The van der Waals surface area contributed by atoms with Crippen molar-refractivity contribution in [3.63, 3.8) is 0 Å². The molecule has 1 aliphatic carbocycles. The van der Waals surface area contributed by atoms with Gasteiger partial charge < -0.3 is 24.7 Å². The highest BCUT2D eigenvalue weighted by Crippen LogP contribution is 2.47. The molecular formula is C28H26N6O3S. The van der Waals surface area contributed by atoms with Crippen molar-refractivity contribution in [1.29, 1.82) is 0 Å². The van der Waals surface area contributed by atoms with Gasteiger partial charge in [0.2, 0.25) is 0 Å². The Hall–Kier alpha value is -4.02. The minimum absolute atomic E-state index is 0.170. The van der Waals surface area contributed by atoms with Gasteiger partial charge in [-0.1, -0.05) is 53.6 Å². The molecule has 2 N–H and O–H groups in total. The van der Waals surface area contributed by atoms with Crippen LogP contribution in [0, 0.1) is 0 Å². The van der Waals surface area contributed by atoms with Crippen molar-refractivity contribution < 1.29 is 13.9 Å². The molecule has 7 rings (SSSR count). The molecule has 2 fully saturated rings. The molecule has 38 heavy (non-hydrogen) atoms. The van der Waals surface area contributed by atoms with Crippen molar-refractivity contribution in [3.8, 4) is 11.6 Å². The first-order valence-electron chi connectivity index (χ1n) is 12.8. The Kier molecular flexibility index (Phi) is 5.90. The average molecular weight is 527 g/mol. The molecule has 2 aliphatic heterocycles. The third-order valence-corrected chi connectivity index (χ3v) is 8.21. The summed E-state index contributed by atoms with van der Waals surface area (Å²) in [6, 6.07) is 17.3. The Bertz CT molecular complexity index is 1500. The molecule has 1 saturated heterocycles. The van der Waals surface area contributed by atoms with E-state index in [1.807, 2.05) is 60.7 Å². The SMILES string of the molecule is O=C1Nc2ccccc2C(c2ccccc2)=C[C@@H]1Nc1nnc(-c2nc(C3CC3)sc2N2CCOCC2)o1. The number of nitrogens with one attached hydrogen (secondary N) is 2. The van der Waals surface area contributed by atoms with E-state index in [-0.39, 0.29) is 11.9 Å². The topological polar surface area (TPSA) is 105 Å². The molecule has 2 aromatic carbocycles. The second kappa shape index (κ2) is 9.70. The van der Waals surface area contributed by atoms with Crippen LogP contribution in [0.1, 0.15) is 34.9 Å². The van der Waals surface area contributed by atoms with E-state index >= 15 is 0 Å². The summed E-state index contributed by atoms with van der Waals surface area (Å²) < 4.78 is 11.6. The van der Waals surface area contributed by atoms with Gasteiger partial charge in [-0.05, 0) is 36.1 Å². The van der Waals surface area contributed by atoms with Crippen molar-refractivity contribution in [1.82, 2.24) is 15.2 Å². The smallest absolute Gasteiger partial charge is 0.316 e. The van der Waals surface area contributed by atoms with E-state index < -0.39 is 6.04 Å². The summed E-state index contributed by atoms with van der Waals surface area (Å²) in [5.74, 6) is 0.662. The second-order valence-electron chi connectivity index (χ2n) is 9.60. The van der Waals surface area contributed by atoms with Crippen molar-refractivity contribution in [2.75, 3.05) is 41.8 Å². The highest BCUT2D eigenvalue weighted by molar-refractivity contribution is 7.16. The predicted octanol–water partition coefficient (Wildman–Crippen LogP) is 4.77. The van der Waals surface area contributed by atoms with Crippen LogP contribution >= 0.6 is 11.3 Å². The summed E-state index contributed by atoms with van der Waals surface area (Å²) in [7, 11) is 0. The monoisotopic (exact) mass is 526 g/mol. The lowest BCUT2D eigenvalue weighted by molar-refractivity contribution is -0.116. The van der Waals surface area contributed by atoms with Crippen molar-refractivity contribution in [2.24, 2.45) is 0 Å². The number of rotatable bonds is 6. The summed E-state index contributed by atoms with van der Waals surface area (Å²) in [4.78, 5) is 20.4. The largest absolute Gasteiger partial charge is 0.402 e. The third kappa shape index (κ3) is 4.46. The Morgan fingerprint density at radius 1 is 1.00 bits per heavy atom. The zero-order valence-corrected chi connectivity index (χ0v) is 21.4. The van der Waals surface area contributed by atoms with Gasteiger partial charge in [0.15, 0.2) is 5.69 Å². The van der Waals surface area contributed by atoms with E-state index in [4.69, 9.17) is 14.1 Å². The third-order valence-electron chi connectivity index (χ3n) is 6.93. The first-order chi connectivity index (χ1) is 18.7. The fourth-order valence-electron chi connectivity index (χ4n) is 4.81. The van der Waals surface area contributed by atoms with Crippen LogP contribution < -0.4 is 15.5 Å². The fraction of sp³-hybridized carbons (Fsp3) is 0.286. The summed E-state index contributed by atoms with van der Waals surface area (Å²) in [6.45, 7) is 2.97. The maximum absolute atomic E-state index is 13.2. The normalized spacial score (nSPS) is 19.4. The first-order valence-corrected chi connectivity index (χ1v) is 13.7. The first kappa shape index (κ1) is 23.1. The Morgan fingerprint density at radius 2 is 1.79 bits per heavy atom. The number of amides is 1. The number of benzene rings is 2. The average Bonchev–Trinajstić information content (AvgIpc) is 3.58. The van der Waals surface area contributed by atoms with Gasteiger partial charge in [-0.2, -0.15) is 0 Å². The van der Waals surface area contributed by atoms with Crippen LogP contribution in [0.4, 0.5) is 16.7 Å². The van der Waals surface area contributed by atoms with Gasteiger partial charge in [-0.3, -0.25) is 4.79 Å². The second-order valence-corrected chi connectivity index (χ2v) is 10.6. The van der Waals surface area contributed by atoms with E-state index in [0.29, 0.717) is 30.7 Å². The highest BCUT2D eigenvalue weighted by atomic mass is 32.1. The zero-order valence-electron chi connectivity index (χ0n) is 20.6. The maximum Gasteiger partial charge on any atom is 0.316 e. The molecule has 0 unspecified atom stereocenters. The Labute approximate surface area is 223 Å². The zero-order chi connectivity index (χ0) is 25.5. The molecule has 3 aliphatic rings. The number of ether oxygens (including phenoxy) is 1. The minimum atomic E-state index is -0.720. The molecule has 10 heteroatoms. The molecule has 0 spiro atoms. The number of fused-ring (bicyclic) bond motifs is 1. The van der Waals surface area contributed by atoms with E-state index in [0.717, 1.165) is 45.5 Å². The van der Waals surface area contributed by atoms with Crippen LogP contribution in [-0.2, 0) is 9.53 Å². The highest BCUT2D eigenvalue weighted by Gasteiger charge is 2.32. The van der Waals surface area contributed by atoms with Crippen molar-refractivity contribution in [2.45, 2.75) is 24.8 Å².